The molecule has 0 aromatic heterocycles. The van der Waals surface area contributed by atoms with Gasteiger partial charge in [-0.25, -0.2) is 9.59 Å². The maximum atomic E-state index is 12.8. The average Bonchev–Trinajstić information content (AvgIpc) is 3.08. The second-order valence-corrected chi connectivity index (χ2v) is 9.96. The van der Waals surface area contributed by atoms with Crippen molar-refractivity contribution >= 4 is 18.0 Å². The van der Waals surface area contributed by atoms with Crippen molar-refractivity contribution in [1.82, 2.24) is 10.6 Å². The van der Waals surface area contributed by atoms with Crippen molar-refractivity contribution < 1.29 is 23.9 Å². The highest BCUT2D eigenvalue weighted by atomic mass is 16.6. The molecule has 2 atom stereocenters. The van der Waals surface area contributed by atoms with Crippen LogP contribution >= 0.6 is 0 Å². The monoisotopic (exact) mass is 466 g/mol. The molecule has 2 amide bonds. The molecule has 0 heterocycles. The van der Waals surface area contributed by atoms with Crippen molar-refractivity contribution in [1.29, 1.82) is 0 Å². The Bertz CT molecular complexity index is 1010. The van der Waals surface area contributed by atoms with Crippen LogP contribution in [0.3, 0.4) is 0 Å². The zero-order valence-corrected chi connectivity index (χ0v) is 20.7. The maximum Gasteiger partial charge on any atom is 0.407 e. The van der Waals surface area contributed by atoms with E-state index >= 15 is 0 Å². The molecule has 3 rings (SSSR count). The van der Waals surface area contributed by atoms with Crippen LogP contribution in [0.5, 0.6) is 0 Å². The summed E-state index contributed by atoms with van der Waals surface area (Å²) in [4.78, 5) is 37.7. The third-order valence-electron chi connectivity index (χ3n) is 5.69. The number of hydrogen-bond donors (Lipinski definition) is 2. The van der Waals surface area contributed by atoms with Crippen LogP contribution in [0.15, 0.2) is 48.5 Å². The lowest BCUT2D eigenvalue weighted by Crippen LogP contribution is -2.53. The van der Waals surface area contributed by atoms with Crippen LogP contribution in [0.4, 0.5) is 4.79 Å². The molecule has 2 aromatic carbocycles. The van der Waals surface area contributed by atoms with Gasteiger partial charge in [0.05, 0.1) is 0 Å². The maximum absolute atomic E-state index is 12.8. The van der Waals surface area contributed by atoms with E-state index in [-0.39, 0.29) is 18.4 Å². The van der Waals surface area contributed by atoms with Crippen LogP contribution in [0.2, 0.25) is 0 Å². The number of alkyl carbamates (subject to hydrolysis) is 1. The fourth-order valence-electron chi connectivity index (χ4n) is 4.05. The van der Waals surface area contributed by atoms with Crippen molar-refractivity contribution in [3.8, 4) is 11.1 Å². The van der Waals surface area contributed by atoms with Gasteiger partial charge in [0.1, 0.15) is 24.3 Å². The van der Waals surface area contributed by atoms with Crippen molar-refractivity contribution in [3.63, 3.8) is 0 Å². The van der Waals surface area contributed by atoms with E-state index in [0.29, 0.717) is 0 Å². The van der Waals surface area contributed by atoms with E-state index in [1.54, 1.807) is 27.7 Å². The predicted octanol–water partition coefficient (Wildman–Crippen LogP) is 4.40. The third-order valence-corrected chi connectivity index (χ3v) is 5.69. The first-order valence-corrected chi connectivity index (χ1v) is 11.6. The minimum atomic E-state index is -0.861. The molecule has 7 nitrogen and oxygen atoms in total. The number of ether oxygens (including phenoxy) is 2. The van der Waals surface area contributed by atoms with E-state index in [9.17, 15) is 14.4 Å². The Morgan fingerprint density at radius 1 is 0.882 bits per heavy atom. The lowest BCUT2D eigenvalue weighted by atomic mass is 9.98. The molecule has 0 aliphatic heterocycles. The topological polar surface area (TPSA) is 93.7 Å². The number of carbonyl (C=O) groups excluding carboxylic acids is 3. The summed E-state index contributed by atoms with van der Waals surface area (Å²) in [6.45, 7) is 10.6. The number of amides is 2. The molecule has 0 fully saturated rings. The zero-order chi connectivity index (χ0) is 25.0. The van der Waals surface area contributed by atoms with Crippen LogP contribution in [-0.2, 0) is 19.1 Å². The largest absolute Gasteiger partial charge is 0.458 e. The highest BCUT2D eigenvalue weighted by molar-refractivity contribution is 5.89. The standard InChI is InChI=1S/C27H34N2O5/c1-16(2)23(24(30)28-17(3)25(31)34-27(4,5)6)29-26(32)33-15-22-20-13-9-7-11-18(20)19-12-8-10-14-21(19)22/h7-14,16-17,22-23H,15H2,1-6H3,(H,28,30)(H,29,32)/t17?,23-/m0/s1. The molecule has 34 heavy (non-hydrogen) atoms. The summed E-state index contributed by atoms with van der Waals surface area (Å²) in [6, 6.07) is 14.5. The Morgan fingerprint density at radius 3 is 1.91 bits per heavy atom. The minimum absolute atomic E-state index is 0.0725. The van der Waals surface area contributed by atoms with Gasteiger partial charge in [-0.05, 0) is 55.9 Å². The lowest BCUT2D eigenvalue weighted by molar-refractivity contribution is -0.158. The van der Waals surface area contributed by atoms with E-state index in [1.807, 2.05) is 50.2 Å². The molecule has 1 unspecified atom stereocenters. The third kappa shape index (κ3) is 5.95. The first-order valence-electron chi connectivity index (χ1n) is 11.6. The molecule has 1 aliphatic carbocycles. The summed E-state index contributed by atoms with van der Waals surface area (Å²) in [5.41, 5.74) is 3.85. The molecule has 2 N–H and O–H groups in total. The number of carbonyl (C=O) groups is 3. The SMILES string of the molecule is CC(NC(=O)[C@@H](NC(=O)OCC1c2ccccc2-c2ccccc21)C(C)C)C(=O)OC(C)(C)C. The summed E-state index contributed by atoms with van der Waals surface area (Å²) in [5.74, 6) is -1.30. The second kappa shape index (κ2) is 10.3. The summed E-state index contributed by atoms with van der Waals surface area (Å²) >= 11 is 0. The van der Waals surface area contributed by atoms with Gasteiger partial charge >= 0.3 is 12.1 Å². The lowest BCUT2D eigenvalue weighted by Gasteiger charge is -2.26. The summed E-state index contributed by atoms with van der Waals surface area (Å²) in [7, 11) is 0. The smallest absolute Gasteiger partial charge is 0.407 e. The fourth-order valence-corrected chi connectivity index (χ4v) is 4.05. The molecule has 7 heteroatoms. The molecular formula is C27H34N2O5. The molecule has 1 aliphatic rings. The average molecular weight is 467 g/mol. The van der Waals surface area contributed by atoms with Gasteiger partial charge in [0, 0.05) is 5.92 Å². The number of fused-ring (bicyclic) bond motifs is 3. The van der Waals surface area contributed by atoms with Gasteiger partial charge in [-0.1, -0.05) is 62.4 Å². The van der Waals surface area contributed by atoms with Crippen LogP contribution in [0.1, 0.15) is 58.6 Å². The highest BCUT2D eigenvalue weighted by Gasteiger charge is 2.31. The Kier molecular flexibility index (Phi) is 7.64. The molecule has 0 radical (unpaired) electrons. The van der Waals surface area contributed by atoms with Gasteiger partial charge in [-0.15, -0.1) is 0 Å². The first-order chi connectivity index (χ1) is 16.0. The summed E-state index contributed by atoms with van der Waals surface area (Å²) in [5, 5.41) is 5.28. The quantitative estimate of drug-likeness (QED) is 0.590. The van der Waals surface area contributed by atoms with Crippen LogP contribution < -0.4 is 10.6 Å². The van der Waals surface area contributed by atoms with Gasteiger partial charge in [-0.2, -0.15) is 0 Å². The summed E-state index contributed by atoms with van der Waals surface area (Å²) in [6.07, 6.45) is -0.680. The Balaban J connectivity index is 1.61. The number of esters is 1. The van der Waals surface area contributed by atoms with E-state index in [0.717, 1.165) is 22.3 Å². The molecular weight excluding hydrogens is 432 g/mol. The van der Waals surface area contributed by atoms with Gasteiger partial charge in [0.2, 0.25) is 5.91 Å². The van der Waals surface area contributed by atoms with Crippen molar-refractivity contribution in [2.75, 3.05) is 6.61 Å². The van der Waals surface area contributed by atoms with Crippen molar-refractivity contribution in [3.05, 3.63) is 59.7 Å². The second-order valence-electron chi connectivity index (χ2n) is 9.96. The fraction of sp³-hybridized carbons (Fsp3) is 0.444. The molecule has 0 spiro atoms. The Morgan fingerprint density at radius 2 is 1.41 bits per heavy atom. The van der Waals surface area contributed by atoms with Crippen molar-refractivity contribution in [2.45, 2.75) is 65.1 Å². The molecule has 182 valence electrons. The normalized spacial score (nSPS) is 14.6. The number of benzene rings is 2. The van der Waals surface area contributed by atoms with E-state index in [4.69, 9.17) is 9.47 Å². The number of hydrogen-bond acceptors (Lipinski definition) is 5. The number of rotatable bonds is 7. The van der Waals surface area contributed by atoms with E-state index in [1.165, 1.54) is 0 Å². The predicted molar refractivity (Wildman–Crippen MR) is 130 cm³/mol. The van der Waals surface area contributed by atoms with Gasteiger partial charge in [-0.3, -0.25) is 4.79 Å². The number of nitrogens with one attached hydrogen (secondary N) is 2. The molecule has 0 bridgehead atoms. The highest BCUT2D eigenvalue weighted by Crippen LogP contribution is 2.44. The zero-order valence-electron chi connectivity index (χ0n) is 20.7. The molecule has 0 saturated heterocycles. The minimum Gasteiger partial charge on any atom is -0.458 e. The summed E-state index contributed by atoms with van der Waals surface area (Å²) < 4.78 is 10.9. The Labute approximate surface area is 201 Å². The van der Waals surface area contributed by atoms with Crippen LogP contribution in [0, 0.1) is 5.92 Å². The van der Waals surface area contributed by atoms with Crippen LogP contribution in [-0.4, -0.2) is 42.3 Å². The first kappa shape index (κ1) is 25.3. The van der Waals surface area contributed by atoms with Crippen molar-refractivity contribution in [2.24, 2.45) is 5.92 Å². The van der Waals surface area contributed by atoms with Gasteiger partial charge in [0.25, 0.3) is 0 Å². The van der Waals surface area contributed by atoms with E-state index < -0.39 is 35.7 Å². The molecule has 0 saturated carbocycles. The van der Waals surface area contributed by atoms with Gasteiger partial charge < -0.3 is 20.1 Å². The molecule has 2 aromatic rings. The van der Waals surface area contributed by atoms with Gasteiger partial charge in [0.15, 0.2) is 0 Å². The van der Waals surface area contributed by atoms with E-state index in [2.05, 4.69) is 22.8 Å². The van der Waals surface area contributed by atoms with Crippen LogP contribution in [0.25, 0.3) is 11.1 Å². The Hall–Kier alpha value is -3.35.